The maximum absolute atomic E-state index is 13.6. The van der Waals surface area contributed by atoms with Crippen LogP contribution in [-0.4, -0.2) is 58.6 Å². The van der Waals surface area contributed by atoms with E-state index >= 15 is 0 Å². The Kier molecular flexibility index (Phi) is 7.87. The van der Waals surface area contributed by atoms with Gasteiger partial charge in [0, 0.05) is 36.4 Å². The van der Waals surface area contributed by atoms with Gasteiger partial charge < -0.3 is 20.2 Å². The average molecular weight is 410 g/mol. The number of nitrogens with zero attached hydrogens (tertiary/aromatic N) is 2. The number of likely N-dealkylation sites (tertiary alicyclic amines) is 1. The highest BCUT2D eigenvalue weighted by Gasteiger charge is 2.33. The summed E-state index contributed by atoms with van der Waals surface area (Å²) < 4.78 is 13.6. The molecule has 1 aromatic rings. The molecule has 28 heavy (non-hydrogen) atoms. The van der Waals surface area contributed by atoms with Crippen LogP contribution in [0.1, 0.15) is 19.3 Å². The lowest BCUT2D eigenvalue weighted by Gasteiger charge is -2.39. The number of amides is 2. The molecular formula is C20H25ClFN3O3. The van der Waals surface area contributed by atoms with Crippen LogP contribution >= 0.6 is 11.6 Å². The first-order valence-electron chi connectivity index (χ1n) is 9.08. The predicted molar refractivity (Wildman–Crippen MR) is 108 cm³/mol. The van der Waals surface area contributed by atoms with Crippen molar-refractivity contribution in [2.45, 2.75) is 31.3 Å². The lowest BCUT2D eigenvalue weighted by Crippen LogP contribution is -2.54. The van der Waals surface area contributed by atoms with Crippen molar-refractivity contribution >= 4 is 29.3 Å². The highest BCUT2D eigenvalue weighted by Crippen LogP contribution is 2.22. The lowest BCUT2D eigenvalue weighted by molar-refractivity contribution is -0.134. The van der Waals surface area contributed by atoms with E-state index in [1.165, 1.54) is 17.0 Å². The van der Waals surface area contributed by atoms with Crippen LogP contribution in [0.2, 0.25) is 5.02 Å². The third-order valence-corrected chi connectivity index (χ3v) is 4.84. The Morgan fingerprint density at radius 3 is 2.75 bits per heavy atom. The van der Waals surface area contributed by atoms with Gasteiger partial charge in [-0.15, -0.1) is 13.2 Å². The second-order valence-corrected chi connectivity index (χ2v) is 7.12. The summed E-state index contributed by atoms with van der Waals surface area (Å²) in [6, 6.07) is 3.05. The van der Waals surface area contributed by atoms with Gasteiger partial charge in [0.15, 0.2) is 0 Å². The van der Waals surface area contributed by atoms with E-state index in [9.17, 15) is 19.1 Å². The summed E-state index contributed by atoms with van der Waals surface area (Å²) in [5.74, 6) is -0.732. The molecule has 1 aliphatic heterocycles. The van der Waals surface area contributed by atoms with E-state index in [4.69, 9.17) is 11.6 Å². The molecule has 0 radical (unpaired) electrons. The van der Waals surface area contributed by atoms with Gasteiger partial charge in [-0.25, -0.2) is 9.18 Å². The maximum atomic E-state index is 13.6. The first-order valence-corrected chi connectivity index (χ1v) is 9.46. The molecule has 1 aromatic carbocycles. The van der Waals surface area contributed by atoms with E-state index in [-0.39, 0.29) is 30.1 Å². The maximum Gasteiger partial charge on any atom is 0.407 e. The predicted octanol–water partition coefficient (Wildman–Crippen LogP) is 3.99. The van der Waals surface area contributed by atoms with Crippen molar-refractivity contribution in [3.8, 4) is 0 Å². The lowest BCUT2D eigenvalue weighted by atomic mass is 10.0. The van der Waals surface area contributed by atoms with Crippen LogP contribution in [0, 0.1) is 5.82 Å². The van der Waals surface area contributed by atoms with Crippen LogP contribution in [0.4, 0.5) is 14.9 Å². The van der Waals surface area contributed by atoms with Crippen molar-refractivity contribution in [1.29, 1.82) is 0 Å². The number of carbonyl (C=O) groups is 2. The molecule has 1 heterocycles. The number of hydrogen-bond acceptors (Lipinski definition) is 3. The SMILES string of the molecule is C=CCC(Nc1cc(F)cc(Cl)c1)C(=O)N(CC=C)[C@@H]1CCCN(C(=O)O)C1. The van der Waals surface area contributed by atoms with Gasteiger partial charge in [-0.3, -0.25) is 4.79 Å². The summed E-state index contributed by atoms with van der Waals surface area (Å²) in [5, 5.41) is 12.5. The smallest absolute Gasteiger partial charge is 0.407 e. The highest BCUT2D eigenvalue weighted by molar-refractivity contribution is 6.30. The Labute approximate surface area is 169 Å². The fraction of sp³-hybridized carbons (Fsp3) is 0.400. The zero-order valence-corrected chi connectivity index (χ0v) is 16.4. The van der Waals surface area contributed by atoms with Gasteiger partial charge in [-0.1, -0.05) is 23.8 Å². The summed E-state index contributed by atoms with van der Waals surface area (Å²) in [5.41, 5.74) is 0.388. The summed E-state index contributed by atoms with van der Waals surface area (Å²) in [7, 11) is 0. The van der Waals surface area contributed by atoms with Crippen LogP contribution in [0.3, 0.4) is 0 Å². The number of hydrogen-bond donors (Lipinski definition) is 2. The quantitative estimate of drug-likeness (QED) is 0.637. The first-order chi connectivity index (χ1) is 13.3. The molecule has 2 amide bonds. The summed E-state index contributed by atoms with van der Waals surface area (Å²) in [6.45, 7) is 8.40. The van der Waals surface area contributed by atoms with Crippen molar-refractivity contribution in [3.05, 3.63) is 54.3 Å². The molecule has 8 heteroatoms. The molecule has 2 N–H and O–H groups in total. The Hall–Kier alpha value is -2.54. The van der Waals surface area contributed by atoms with Crippen LogP contribution in [0.25, 0.3) is 0 Å². The number of nitrogens with one attached hydrogen (secondary N) is 1. The number of benzene rings is 1. The normalized spacial score (nSPS) is 17.5. The van der Waals surface area contributed by atoms with E-state index < -0.39 is 18.0 Å². The molecule has 0 bridgehead atoms. The van der Waals surface area contributed by atoms with Gasteiger partial charge in [-0.2, -0.15) is 0 Å². The van der Waals surface area contributed by atoms with Gasteiger partial charge >= 0.3 is 6.09 Å². The minimum absolute atomic E-state index is 0.222. The molecule has 1 unspecified atom stereocenters. The van der Waals surface area contributed by atoms with Crippen molar-refractivity contribution in [1.82, 2.24) is 9.80 Å². The average Bonchev–Trinajstić information content (AvgIpc) is 2.64. The van der Waals surface area contributed by atoms with Crippen LogP contribution < -0.4 is 5.32 Å². The largest absolute Gasteiger partial charge is 0.465 e. The molecule has 1 fully saturated rings. The van der Waals surface area contributed by atoms with E-state index in [1.54, 1.807) is 23.1 Å². The molecule has 152 valence electrons. The number of anilines is 1. The molecular weight excluding hydrogens is 385 g/mol. The molecule has 0 aromatic heterocycles. The zero-order valence-electron chi connectivity index (χ0n) is 15.6. The molecule has 6 nitrogen and oxygen atoms in total. The molecule has 1 saturated heterocycles. The van der Waals surface area contributed by atoms with Gasteiger partial charge in [-0.05, 0) is 37.5 Å². The molecule has 0 aliphatic carbocycles. The van der Waals surface area contributed by atoms with Gasteiger partial charge in [0.05, 0.1) is 0 Å². The van der Waals surface area contributed by atoms with Crippen molar-refractivity contribution in [3.63, 3.8) is 0 Å². The van der Waals surface area contributed by atoms with Gasteiger partial charge in [0.25, 0.3) is 0 Å². The third kappa shape index (κ3) is 5.73. The van der Waals surface area contributed by atoms with E-state index in [2.05, 4.69) is 18.5 Å². The zero-order chi connectivity index (χ0) is 20.7. The minimum atomic E-state index is -0.995. The first kappa shape index (κ1) is 21.8. The Balaban J connectivity index is 2.22. The van der Waals surface area contributed by atoms with Crippen LogP contribution in [-0.2, 0) is 4.79 Å². The third-order valence-electron chi connectivity index (χ3n) is 4.62. The Morgan fingerprint density at radius 1 is 1.39 bits per heavy atom. The molecule has 2 atom stereocenters. The fourth-order valence-electron chi connectivity index (χ4n) is 3.37. The number of rotatable bonds is 8. The molecule has 1 aliphatic rings. The van der Waals surface area contributed by atoms with E-state index in [0.29, 0.717) is 31.5 Å². The summed E-state index contributed by atoms with van der Waals surface area (Å²) in [6.07, 6.45) is 3.92. The Bertz CT molecular complexity index is 723. The number of halogens is 2. The van der Waals surface area contributed by atoms with Gasteiger partial charge in [0.2, 0.25) is 5.91 Å². The van der Waals surface area contributed by atoms with E-state index in [1.807, 2.05) is 0 Å². The number of carboxylic acid groups (broad SMARTS) is 1. The van der Waals surface area contributed by atoms with Crippen LogP contribution in [0.15, 0.2) is 43.5 Å². The summed E-state index contributed by atoms with van der Waals surface area (Å²) >= 11 is 5.90. The minimum Gasteiger partial charge on any atom is -0.465 e. The van der Waals surface area contributed by atoms with Crippen molar-refractivity contribution in [2.75, 3.05) is 25.0 Å². The van der Waals surface area contributed by atoms with Crippen molar-refractivity contribution < 1.29 is 19.1 Å². The van der Waals surface area contributed by atoms with E-state index in [0.717, 1.165) is 0 Å². The second-order valence-electron chi connectivity index (χ2n) is 6.68. The van der Waals surface area contributed by atoms with Crippen molar-refractivity contribution in [2.24, 2.45) is 0 Å². The van der Waals surface area contributed by atoms with Gasteiger partial charge in [0.1, 0.15) is 11.9 Å². The number of piperidine rings is 1. The molecule has 0 spiro atoms. The number of carbonyl (C=O) groups excluding carboxylic acids is 1. The fourth-order valence-corrected chi connectivity index (χ4v) is 3.59. The molecule has 0 saturated carbocycles. The second kappa shape index (κ2) is 10.1. The van der Waals surface area contributed by atoms with Crippen LogP contribution in [0.5, 0.6) is 0 Å². The monoisotopic (exact) mass is 409 g/mol. The standard InChI is InChI=1S/C20H25ClFN3O3/c1-3-6-18(23-16-11-14(21)10-15(22)12-16)19(26)25(8-4-2)17-7-5-9-24(13-17)20(27)28/h3-4,10-12,17-18,23H,1-2,5-9,13H2,(H,27,28)/t17-,18?/m1/s1. The molecule has 2 rings (SSSR count). The summed E-state index contributed by atoms with van der Waals surface area (Å²) in [4.78, 5) is 27.5. The topological polar surface area (TPSA) is 72.9 Å². The Morgan fingerprint density at radius 2 is 2.14 bits per heavy atom. The highest BCUT2D eigenvalue weighted by atomic mass is 35.5.